The number of rotatable bonds is 6. The largest absolute Gasteiger partial charge is 0.497 e. The monoisotopic (exact) mass is 402 g/mol. The highest BCUT2D eigenvalue weighted by Gasteiger charge is 2.50. The van der Waals surface area contributed by atoms with E-state index in [2.05, 4.69) is 0 Å². The van der Waals surface area contributed by atoms with Crippen molar-refractivity contribution in [2.24, 2.45) is 0 Å². The average molecular weight is 402 g/mol. The number of hydrogen-bond donors (Lipinski definition) is 1. The maximum atomic E-state index is 12.9. The normalized spacial score (nSPS) is 25.4. The van der Waals surface area contributed by atoms with E-state index >= 15 is 0 Å². The highest BCUT2D eigenvalue weighted by molar-refractivity contribution is 6.44. The molecule has 4 amide bonds. The molecule has 8 nitrogen and oxygen atoms in total. The Hall–Kier alpha value is -2.61. The SMILES string of the molecule is COc1ccc(OC)c([C@@H]2CCC[NH+]2CN2C(=O)C(=O)N(C3CCCC3)C2=O)c1. The number of carbonyl (C=O) groups excluding carboxylic acids is 3. The highest BCUT2D eigenvalue weighted by atomic mass is 16.5. The zero-order chi connectivity index (χ0) is 20.5. The molecule has 29 heavy (non-hydrogen) atoms. The van der Waals surface area contributed by atoms with Crippen molar-refractivity contribution in [3.05, 3.63) is 23.8 Å². The van der Waals surface area contributed by atoms with Gasteiger partial charge in [0, 0.05) is 18.9 Å². The molecule has 1 aliphatic carbocycles. The number of likely N-dealkylation sites (tertiary alicyclic amines) is 1. The maximum Gasteiger partial charge on any atom is 0.338 e. The van der Waals surface area contributed by atoms with Crippen LogP contribution in [0.1, 0.15) is 50.1 Å². The zero-order valence-electron chi connectivity index (χ0n) is 17.0. The summed E-state index contributed by atoms with van der Waals surface area (Å²) in [7, 11) is 3.25. The number of benzene rings is 1. The van der Waals surface area contributed by atoms with E-state index in [1.807, 2.05) is 18.2 Å². The minimum Gasteiger partial charge on any atom is -0.497 e. The van der Waals surface area contributed by atoms with Gasteiger partial charge in [-0.3, -0.25) is 14.5 Å². The number of imide groups is 2. The second-order valence-corrected chi connectivity index (χ2v) is 8.00. The van der Waals surface area contributed by atoms with Crippen LogP contribution < -0.4 is 14.4 Å². The van der Waals surface area contributed by atoms with E-state index in [0.717, 1.165) is 71.9 Å². The lowest BCUT2D eigenvalue weighted by Gasteiger charge is -2.27. The van der Waals surface area contributed by atoms with E-state index < -0.39 is 17.8 Å². The molecule has 2 atom stereocenters. The summed E-state index contributed by atoms with van der Waals surface area (Å²) in [6.07, 6.45) is 5.44. The molecule has 2 saturated heterocycles. The summed E-state index contributed by atoms with van der Waals surface area (Å²) in [4.78, 5) is 41.4. The van der Waals surface area contributed by atoms with Crippen LogP contribution in [0.4, 0.5) is 4.79 Å². The molecular weight excluding hydrogens is 374 g/mol. The third kappa shape index (κ3) is 3.46. The summed E-state index contributed by atoms with van der Waals surface area (Å²) in [5, 5.41) is 0. The number of methoxy groups -OCH3 is 2. The molecule has 3 fully saturated rings. The van der Waals surface area contributed by atoms with Gasteiger partial charge in [0.1, 0.15) is 17.5 Å². The van der Waals surface area contributed by atoms with E-state index in [-0.39, 0.29) is 18.8 Å². The summed E-state index contributed by atoms with van der Waals surface area (Å²) < 4.78 is 10.9. The van der Waals surface area contributed by atoms with E-state index in [1.165, 1.54) is 4.90 Å². The van der Waals surface area contributed by atoms with Crippen molar-refractivity contribution in [2.75, 3.05) is 27.4 Å². The molecule has 1 unspecified atom stereocenters. The van der Waals surface area contributed by atoms with Gasteiger partial charge in [0.2, 0.25) is 0 Å². The van der Waals surface area contributed by atoms with Crippen LogP contribution in [0.5, 0.6) is 11.5 Å². The van der Waals surface area contributed by atoms with Gasteiger partial charge in [-0.2, -0.15) is 0 Å². The van der Waals surface area contributed by atoms with Crippen molar-refractivity contribution >= 4 is 17.8 Å². The number of nitrogens with zero attached hydrogens (tertiary/aromatic N) is 2. The molecule has 4 rings (SSSR count). The van der Waals surface area contributed by atoms with Gasteiger partial charge in [-0.15, -0.1) is 0 Å². The Bertz CT molecular complexity index is 821. The van der Waals surface area contributed by atoms with E-state index in [0.29, 0.717) is 0 Å². The van der Waals surface area contributed by atoms with Gasteiger partial charge >= 0.3 is 17.8 Å². The number of ether oxygens (including phenoxy) is 2. The van der Waals surface area contributed by atoms with Gasteiger partial charge in [-0.05, 0) is 31.0 Å². The Balaban J connectivity index is 1.55. The number of quaternary nitrogens is 1. The lowest BCUT2D eigenvalue weighted by atomic mass is 10.0. The first kappa shape index (κ1) is 19.7. The van der Waals surface area contributed by atoms with Crippen LogP contribution in [0, 0.1) is 0 Å². The van der Waals surface area contributed by atoms with E-state index in [4.69, 9.17) is 9.47 Å². The third-order valence-electron chi connectivity index (χ3n) is 6.43. The predicted molar refractivity (Wildman–Crippen MR) is 104 cm³/mol. The topological polar surface area (TPSA) is 80.6 Å². The van der Waals surface area contributed by atoms with Gasteiger partial charge in [-0.1, -0.05) is 12.8 Å². The lowest BCUT2D eigenvalue weighted by Crippen LogP contribution is -3.12. The Kier molecular flexibility index (Phi) is 5.45. The van der Waals surface area contributed by atoms with Crippen LogP contribution in [0.15, 0.2) is 18.2 Å². The third-order valence-corrected chi connectivity index (χ3v) is 6.43. The van der Waals surface area contributed by atoms with Crippen LogP contribution in [0.2, 0.25) is 0 Å². The van der Waals surface area contributed by atoms with Gasteiger partial charge in [0.05, 0.1) is 26.3 Å². The summed E-state index contributed by atoms with van der Waals surface area (Å²) in [5.74, 6) is 0.134. The molecular formula is C21H28N3O5+. The first-order valence-electron chi connectivity index (χ1n) is 10.3. The Labute approximate surface area is 170 Å². The molecule has 3 aliphatic rings. The summed E-state index contributed by atoms with van der Waals surface area (Å²) in [5.41, 5.74) is 0.998. The fraction of sp³-hybridized carbons (Fsp3) is 0.571. The fourth-order valence-electron chi connectivity index (χ4n) is 4.94. The molecule has 1 N–H and O–H groups in total. The number of nitrogens with one attached hydrogen (secondary N) is 1. The van der Waals surface area contributed by atoms with Gasteiger partial charge in [-0.25, -0.2) is 9.69 Å². The zero-order valence-corrected chi connectivity index (χ0v) is 17.0. The lowest BCUT2D eigenvalue weighted by molar-refractivity contribution is -0.925. The van der Waals surface area contributed by atoms with Crippen LogP contribution in [0.3, 0.4) is 0 Å². The molecule has 0 radical (unpaired) electrons. The van der Waals surface area contributed by atoms with Crippen LogP contribution in [0.25, 0.3) is 0 Å². The van der Waals surface area contributed by atoms with Crippen LogP contribution in [-0.2, 0) is 9.59 Å². The van der Waals surface area contributed by atoms with Gasteiger partial charge < -0.3 is 14.4 Å². The standard InChI is InChI=1S/C21H27N3O5/c1-28-15-9-10-18(29-2)16(12-15)17-8-5-11-22(17)13-23-19(25)20(26)24(21(23)27)14-6-3-4-7-14/h9-10,12,14,17H,3-8,11,13H2,1-2H3/p+1/t17-/m0/s1. The predicted octanol–water partition coefficient (Wildman–Crippen LogP) is 1.11. The summed E-state index contributed by atoms with van der Waals surface area (Å²) in [6, 6.07) is 5.16. The molecule has 1 aromatic carbocycles. The first-order chi connectivity index (χ1) is 14.0. The molecule has 2 aliphatic heterocycles. The number of amides is 4. The van der Waals surface area contributed by atoms with E-state index in [9.17, 15) is 14.4 Å². The van der Waals surface area contributed by atoms with Crippen LogP contribution in [-0.4, -0.2) is 61.1 Å². The minimum absolute atomic E-state index is 0.0660. The smallest absolute Gasteiger partial charge is 0.338 e. The van der Waals surface area contributed by atoms with Crippen LogP contribution >= 0.6 is 0 Å². The maximum absolute atomic E-state index is 12.9. The molecule has 0 spiro atoms. The minimum atomic E-state index is -0.697. The molecule has 8 heteroatoms. The summed E-state index contributed by atoms with van der Waals surface area (Å²) in [6.45, 7) is 1.01. The fourth-order valence-corrected chi connectivity index (χ4v) is 4.94. The summed E-state index contributed by atoms with van der Waals surface area (Å²) >= 11 is 0. The van der Waals surface area contributed by atoms with Crippen molar-refractivity contribution in [1.82, 2.24) is 9.80 Å². The van der Waals surface area contributed by atoms with Crippen molar-refractivity contribution in [1.29, 1.82) is 0 Å². The molecule has 1 saturated carbocycles. The highest BCUT2D eigenvalue weighted by Crippen LogP contribution is 2.32. The van der Waals surface area contributed by atoms with Crippen molar-refractivity contribution < 1.29 is 28.8 Å². The quantitative estimate of drug-likeness (QED) is 0.570. The Morgan fingerprint density at radius 1 is 1.00 bits per heavy atom. The van der Waals surface area contributed by atoms with Gasteiger partial charge in [0.15, 0.2) is 6.67 Å². The second kappa shape index (κ2) is 8.02. The molecule has 2 heterocycles. The Morgan fingerprint density at radius 3 is 2.45 bits per heavy atom. The van der Waals surface area contributed by atoms with Crippen molar-refractivity contribution in [3.63, 3.8) is 0 Å². The number of urea groups is 1. The second-order valence-electron chi connectivity index (χ2n) is 8.00. The molecule has 0 aromatic heterocycles. The first-order valence-corrected chi connectivity index (χ1v) is 10.3. The van der Waals surface area contributed by atoms with Gasteiger partial charge in [0.25, 0.3) is 0 Å². The van der Waals surface area contributed by atoms with Crippen molar-refractivity contribution in [3.8, 4) is 11.5 Å². The average Bonchev–Trinajstić information content (AvgIpc) is 3.46. The number of carbonyl (C=O) groups is 3. The Morgan fingerprint density at radius 2 is 1.76 bits per heavy atom. The molecule has 1 aromatic rings. The van der Waals surface area contributed by atoms with E-state index in [1.54, 1.807) is 14.2 Å². The molecule has 0 bridgehead atoms. The molecule has 156 valence electrons. The van der Waals surface area contributed by atoms with Crippen molar-refractivity contribution in [2.45, 2.75) is 50.6 Å². The number of hydrogen-bond acceptors (Lipinski definition) is 5.